The second-order valence-corrected chi connectivity index (χ2v) is 4.17. The van der Waals surface area contributed by atoms with E-state index in [0.29, 0.717) is 0 Å². The lowest BCUT2D eigenvalue weighted by Gasteiger charge is -2.26. The first-order valence-corrected chi connectivity index (χ1v) is 4.18. The van der Waals surface area contributed by atoms with E-state index >= 15 is 0 Å². The van der Waals surface area contributed by atoms with Gasteiger partial charge in [-0.05, 0) is 40.0 Å². The highest BCUT2D eigenvalue weighted by atomic mass is 16.5. The van der Waals surface area contributed by atoms with E-state index in [4.69, 9.17) is 4.74 Å². The molecule has 10 heavy (non-hydrogen) atoms. The Bertz CT molecular complexity index is 129. The van der Waals surface area contributed by atoms with Crippen molar-refractivity contribution in [3.05, 3.63) is 0 Å². The SMILES string of the molecule is CCC1(C)CCC(C)(C)O1. The molecule has 0 bridgehead atoms. The van der Waals surface area contributed by atoms with E-state index in [1.807, 2.05) is 0 Å². The van der Waals surface area contributed by atoms with Crippen LogP contribution in [-0.4, -0.2) is 11.2 Å². The van der Waals surface area contributed by atoms with Gasteiger partial charge in [-0.1, -0.05) is 6.92 Å². The molecular formula is C9H18O. The van der Waals surface area contributed by atoms with E-state index in [-0.39, 0.29) is 11.2 Å². The van der Waals surface area contributed by atoms with Gasteiger partial charge in [-0.15, -0.1) is 0 Å². The van der Waals surface area contributed by atoms with E-state index in [1.54, 1.807) is 0 Å². The molecular weight excluding hydrogens is 124 g/mol. The molecule has 0 N–H and O–H groups in total. The van der Waals surface area contributed by atoms with Crippen molar-refractivity contribution in [2.24, 2.45) is 0 Å². The van der Waals surface area contributed by atoms with Crippen LogP contribution in [0.15, 0.2) is 0 Å². The average molecular weight is 142 g/mol. The van der Waals surface area contributed by atoms with E-state index in [1.165, 1.54) is 12.8 Å². The summed E-state index contributed by atoms with van der Waals surface area (Å²) in [5.41, 5.74) is 0.300. The Morgan fingerprint density at radius 1 is 1.20 bits per heavy atom. The van der Waals surface area contributed by atoms with Gasteiger partial charge in [-0.25, -0.2) is 0 Å². The Morgan fingerprint density at radius 2 is 1.80 bits per heavy atom. The Balaban J connectivity index is 2.57. The molecule has 0 aromatic carbocycles. The Kier molecular flexibility index (Phi) is 1.80. The molecule has 60 valence electrons. The zero-order valence-electron chi connectivity index (χ0n) is 7.53. The molecule has 0 aromatic rings. The molecule has 1 atom stereocenters. The van der Waals surface area contributed by atoms with Gasteiger partial charge >= 0.3 is 0 Å². The minimum absolute atomic E-state index is 0.130. The van der Waals surface area contributed by atoms with E-state index in [9.17, 15) is 0 Å². The summed E-state index contributed by atoms with van der Waals surface area (Å²) in [5, 5.41) is 0. The summed E-state index contributed by atoms with van der Waals surface area (Å²) in [7, 11) is 0. The molecule has 1 saturated heterocycles. The maximum atomic E-state index is 5.89. The van der Waals surface area contributed by atoms with E-state index in [0.717, 1.165) is 6.42 Å². The topological polar surface area (TPSA) is 9.23 Å². The smallest absolute Gasteiger partial charge is 0.0660 e. The zero-order valence-corrected chi connectivity index (χ0v) is 7.53. The maximum Gasteiger partial charge on any atom is 0.0660 e. The summed E-state index contributed by atoms with van der Waals surface area (Å²) in [6.07, 6.45) is 3.56. The highest BCUT2D eigenvalue weighted by Gasteiger charge is 2.38. The van der Waals surface area contributed by atoms with Gasteiger partial charge in [0.25, 0.3) is 0 Å². The zero-order chi connectivity index (χ0) is 7.83. The normalized spacial score (nSPS) is 38.4. The number of ether oxygens (including phenoxy) is 1. The molecule has 1 nitrogen and oxygen atoms in total. The lowest BCUT2D eigenvalue weighted by Crippen LogP contribution is -2.27. The minimum Gasteiger partial charge on any atom is -0.369 e. The minimum atomic E-state index is 0.130. The maximum absolute atomic E-state index is 5.89. The van der Waals surface area contributed by atoms with Crippen molar-refractivity contribution in [2.45, 2.75) is 58.2 Å². The highest BCUT2D eigenvalue weighted by Crippen LogP contribution is 2.38. The Morgan fingerprint density at radius 3 is 2.00 bits per heavy atom. The number of rotatable bonds is 1. The van der Waals surface area contributed by atoms with Gasteiger partial charge in [0.15, 0.2) is 0 Å². The van der Waals surface area contributed by atoms with Crippen molar-refractivity contribution in [3.63, 3.8) is 0 Å². The fourth-order valence-corrected chi connectivity index (χ4v) is 1.58. The quantitative estimate of drug-likeness (QED) is 0.547. The van der Waals surface area contributed by atoms with Gasteiger partial charge in [0, 0.05) is 0 Å². The van der Waals surface area contributed by atoms with Crippen LogP contribution < -0.4 is 0 Å². The molecule has 0 saturated carbocycles. The molecule has 1 aliphatic heterocycles. The third-order valence-electron chi connectivity index (χ3n) is 2.53. The molecule has 0 aromatic heterocycles. The van der Waals surface area contributed by atoms with Gasteiger partial charge in [0.1, 0.15) is 0 Å². The molecule has 0 radical (unpaired) electrons. The van der Waals surface area contributed by atoms with Crippen LogP contribution in [0.1, 0.15) is 47.0 Å². The summed E-state index contributed by atoms with van der Waals surface area (Å²) in [5.74, 6) is 0. The van der Waals surface area contributed by atoms with Crippen molar-refractivity contribution >= 4 is 0 Å². The first kappa shape index (κ1) is 8.06. The monoisotopic (exact) mass is 142 g/mol. The summed E-state index contributed by atoms with van der Waals surface area (Å²) in [4.78, 5) is 0. The van der Waals surface area contributed by atoms with Crippen LogP contribution in [0.2, 0.25) is 0 Å². The standard InChI is InChI=1S/C9H18O/c1-5-9(4)7-6-8(2,3)10-9/h5-7H2,1-4H3. The summed E-state index contributed by atoms with van der Waals surface area (Å²) >= 11 is 0. The van der Waals surface area contributed by atoms with Crippen LogP contribution in [0.25, 0.3) is 0 Å². The first-order valence-electron chi connectivity index (χ1n) is 4.18. The van der Waals surface area contributed by atoms with Gasteiger partial charge in [-0.3, -0.25) is 0 Å². The molecule has 0 spiro atoms. The summed E-state index contributed by atoms with van der Waals surface area (Å²) in [6, 6.07) is 0. The summed E-state index contributed by atoms with van der Waals surface area (Å²) < 4.78 is 5.89. The summed E-state index contributed by atoms with van der Waals surface area (Å²) in [6.45, 7) is 8.75. The van der Waals surface area contributed by atoms with Crippen molar-refractivity contribution in [1.29, 1.82) is 0 Å². The molecule has 0 aliphatic carbocycles. The Labute approximate surface area is 63.8 Å². The Hall–Kier alpha value is -0.0400. The first-order chi connectivity index (χ1) is 4.47. The van der Waals surface area contributed by atoms with Gasteiger partial charge < -0.3 is 4.74 Å². The van der Waals surface area contributed by atoms with Gasteiger partial charge in [0.05, 0.1) is 11.2 Å². The number of hydrogen-bond acceptors (Lipinski definition) is 1. The van der Waals surface area contributed by atoms with Crippen LogP contribution in [0.4, 0.5) is 0 Å². The average Bonchev–Trinajstić information content (AvgIpc) is 2.08. The van der Waals surface area contributed by atoms with Gasteiger partial charge in [-0.2, -0.15) is 0 Å². The largest absolute Gasteiger partial charge is 0.369 e. The van der Waals surface area contributed by atoms with Crippen molar-refractivity contribution in [2.75, 3.05) is 0 Å². The molecule has 0 amide bonds. The van der Waals surface area contributed by atoms with Crippen LogP contribution >= 0.6 is 0 Å². The highest BCUT2D eigenvalue weighted by molar-refractivity contribution is 4.88. The second kappa shape index (κ2) is 2.23. The third kappa shape index (κ3) is 1.51. The van der Waals surface area contributed by atoms with Crippen molar-refractivity contribution in [3.8, 4) is 0 Å². The van der Waals surface area contributed by atoms with Crippen molar-refractivity contribution < 1.29 is 4.74 Å². The molecule has 1 unspecified atom stereocenters. The van der Waals surface area contributed by atoms with Crippen molar-refractivity contribution in [1.82, 2.24) is 0 Å². The van der Waals surface area contributed by atoms with Crippen LogP contribution in [0, 0.1) is 0 Å². The molecule has 1 heteroatoms. The van der Waals surface area contributed by atoms with Crippen LogP contribution in [-0.2, 0) is 4.74 Å². The predicted molar refractivity (Wildman–Crippen MR) is 43.1 cm³/mol. The fourth-order valence-electron chi connectivity index (χ4n) is 1.58. The van der Waals surface area contributed by atoms with Crippen LogP contribution in [0.3, 0.4) is 0 Å². The predicted octanol–water partition coefficient (Wildman–Crippen LogP) is 2.74. The molecule has 1 heterocycles. The second-order valence-electron chi connectivity index (χ2n) is 4.17. The van der Waals surface area contributed by atoms with E-state index < -0.39 is 0 Å². The lowest BCUT2D eigenvalue weighted by atomic mass is 9.97. The molecule has 1 aliphatic rings. The fraction of sp³-hybridized carbons (Fsp3) is 1.00. The van der Waals surface area contributed by atoms with Crippen LogP contribution in [0.5, 0.6) is 0 Å². The van der Waals surface area contributed by atoms with Gasteiger partial charge in [0.2, 0.25) is 0 Å². The molecule has 1 rings (SSSR count). The third-order valence-corrected chi connectivity index (χ3v) is 2.53. The molecule has 1 fully saturated rings. The number of hydrogen-bond donors (Lipinski definition) is 0. The lowest BCUT2D eigenvalue weighted by molar-refractivity contribution is -0.0765. The van der Waals surface area contributed by atoms with E-state index in [2.05, 4.69) is 27.7 Å².